The summed E-state index contributed by atoms with van der Waals surface area (Å²) in [6.07, 6.45) is 1.39. The van der Waals surface area contributed by atoms with E-state index >= 15 is 0 Å². The van der Waals surface area contributed by atoms with Gasteiger partial charge in [0.2, 0.25) is 0 Å². The first-order valence-electron chi connectivity index (χ1n) is 3.97. The molecule has 0 aromatic heterocycles. The normalized spacial score (nSPS) is 15.8. The number of allylic oxidation sites excluding steroid dienone is 1. The lowest BCUT2D eigenvalue weighted by molar-refractivity contribution is 1.11. The summed E-state index contributed by atoms with van der Waals surface area (Å²) in [5.41, 5.74) is 6.58. The van der Waals surface area contributed by atoms with Gasteiger partial charge in [-0.2, -0.15) is 10.5 Å². The molecule has 1 unspecified atom stereocenters. The molecule has 0 spiro atoms. The molecule has 0 saturated heterocycles. The molecule has 0 rings (SSSR count). The fourth-order valence-electron chi connectivity index (χ4n) is 0.777. The van der Waals surface area contributed by atoms with E-state index in [1.807, 2.05) is 6.92 Å². The molecule has 0 aliphatic carbocycles. The first-order valence-corrected chi connectivity index (χ1v) is 5.43. The molecule has 0 aliphatic rings. The molecule has 0 bridgehead atoms. The summed E-state index contributed by atoms with van der Waals surface area (Å²) in [5.74, 6) is 4.04. The van der Waals surface area contributed by atoms with Crippen molar-refractivity contribution >= 4 is 22.6 Å². The van der Waals surface area contributed by atoms with E-state index in [9.17, 15) is 0 Å². The van der Waals surface area contributed by atoms with Crippen LogP contribution in [0.3, 0.4) is 0 Å². The Hall–Kier alpha value is -0.410. The monoisotopic (exact) mass is 186 g/mol. The van der Waals surface area contributed by atoms with Crippen molar-refractivity contribution in [2.45, 2.75) is 26.0 Å². The second-order valence-corrected chi connectivity index (χ2v) is 5.21. The van der Waals surface area contributed by atoms with Gasteiger partial charge in [0.25, 0.3) is 0 Å². The molecule has 1 atom stereocenters. The Kier molecular flexibility index (Phi) is 5.09. The summed E-state index contributed by atoms with van der Waals surface area (Å²) in [5, 5.41) is 7.73. The van der Waals surface area contributed by atoms with Gasteiger partial charge in [-0.15, -0.1) is 0 Å². The highest BCUT2D eigenvalue weighted by atomic mass is 32.2. The van der Waals surface area contributed by atoms with Gasteiger partial charge in [-0.25, -0.2) is 0 Å². The smallest absolute Gasteiger partial charge is 0.0309 e. The highest BCUT2D eigenvalue weighted by Crippen LogP contribution is 2.28. The van der Waals surface area contributed by atoms with Crippen molar-refractivity contribution in [3.05, 3.63) is 10.5 Å². The zero-order chi connectivity index (χ0) is 9.72. The summed E-state index contributed by atoms with van der Waals surface area (Å²) in [7, 11) is -0.0829. The molecule has 0 fully saturated rings. The van der Waals surface area contributed by atoms with Crippen LogP contribution >= 0.6 is 10.5 Å². The van der Waals surface area contributed by atoms with Crippen LogP contribution in [0.4, 0.5) is 0 Å². The molecule has 0 aliphatic heterocycles. The predicted molar refractivity (Wildman–Crippen MR) is 60.4 cm³/mol. The van der Waals surface area contributed by atoms with Gasteiger partial charge >= 0.3 is 0 Å². The van der Waals surface area contributed by atoms with Crippen LogP contribution in [0.2, 0.25) is 0 Å². The van der Waals surface area contributed by atoms with Crippen LogP contribution in [0.25, 0.3) is 0 Å². The van der Waals surface area contributed by atoms with Crippen LogP contribution in [0.15, 0.2) is 10.5 Å². The molecule has 0 amide bonds. The SMILES string of the molecule is C=S(/C(C=N)=C(/C)CN)C(C)C. The second kappa shape index (κ2) is 5.27. The molecule has 0 aromatic carbocycles. The van der Waals surface area contributed by atoms with Crippen LogP contribution in [-0.4, -0.2) is 23.9 Å². The van der Waals surface area contributed by atoms with E-state index in [0.717, 1.165) is 10.5 Å². The lowest BCUT2D eigenvalue weighted by Gasteiger charge is -2.14. The molecule has 3 N–H and O–H groups in total. The maximum atomic E-state index is 7.25. The third-order valence-corrected chi connectivity index (χ3v) is 3.88. The van der Waals surface area contributed by atoms with Crippen LogP contribution < -0.4 is 5.73 Å². The van der Waals surface area contributed by atoms with Crippen molar-refractivity contribution < 1.29 is 0 Å². The molecule has 2 nitrogen and oxygen atoms in total. The molecular weight excluding hydrogens is 168 g/mol. The number of hydrogen-bond acceptors (Lipinski definition) is 2. The molecule has 0 aromatic rings. The molecule has 0 saturated carbocycles. The van der Waals surface area contributed by atoms with Crippen molar-refractivity contribution in [3.8, 4) is 0 Å². The minimum Gasteiger partial charge on any atom is -0.327 e. The van der Waals surface area contributed by atoms with Crippen molar-refractivity contribution in [3.63, 3.8) is 0 Å². The lowest BCUT2D eigenvalue weighted by Crippen LogP contribution is -2.05. The average molecular weight is 186 g/mol. The Bertz CT molecular complexity index is 217. The van der Waals surface area contributed by atoms with E-state index in [2.05, 4.69) is 19.7 Å². The predicted octanol–water partition coefficient (Wildman–Crippen LogP) is 1.98. The number of rotatable bonds is 4. The largest absolute Gasteiger partial charge is 0.327 e. The van der Waals surface area contributed by atoms with E-state index in [1.54, 1.807) is 0 Å². The number of hydrogen-bond donors (Lipinski definition) is 2. The first-order chi connectivity index (χ1) is 5.54. The Labute approximate surface area is 77.3 Å². The standard InChI is InChI=1S/C9H18N2S/c1-7(2)12(4)9(6-11)8(3)5-10/h6-7,11H,4-5,10H2,1-3H3/b9-8-,11-6?. The Morgan fingerprint density at radius 3 is 2.42 bits per heavy atom. The highest BCUT2D eigenvalue weighted by molar-refractivity contribution is 8.18. The van der Waals surface area contributed by atoms with Gasteiger partial charge < -0.3 is 11.1 Å². The summed E-state index contributed by atoms with van der Waals surface area (Å²) in [4.78, 5) is 1.01. The Balaban J connectivity index is 4.79. The van der Waals surface area contributed by atoms with Gasteiger partial charge in [-0.3, -0.25) is 0 Å². The van der Waals surface area contributed by atoms with Crippen molar-refractivity contribution in [2.75, 3.05) is 6.54 Å². The van der Waals surface area contributed by atoms with Gasteiger partial charge in [-0.05, 0) is 17.7 Å². The Morgan fingerprint density at radius 1 is 1.67 bits per heavy atom. The van der Waals surface area contributed by atoms with Crippen molar-refractivity contribution in [2.24, 2.45) is 5.73 Å². The van der Waals surface area contributed by atoms with Gasteiger partial charge in [0, 0.05) is 17.7 Å². The maximum absolute atomic E-state index is 7.25. The summed E-state index contributed by atoms with van der Waals surface area (Å²) >= 11 is 0. The summed E-state index contributed by atoms with van der Waals surface area (Å²) < 4.78 is 0. The first kappa shape index (κ1) is 11.6. The van der Waals surface area contributed by atoms with Crippen molar-refractivity contribution in [1.29, 1.82) is 5.41 Å². The van der Waals surface area contributed by atoms with E-state index in [0.29, 0.717) is 11.8 Å². The third-order valence-electron chi connectivity index (χ3n) is 1.71. The topological polar surface area (TPSA) is 49.9 Å². The zero-order valence-electron chi connectivity index (χ0n) is 8.05. The van der Waals surface area contributed by atoms with Gasteiger partial charge in [0.05, 0.1) is 0 Å². The molecule has 0 radical (unpaired) electrons. The van der Waals surface area contributed by atoms with E-state index in [1.165, 1.54) is 6.21 Å². The lowest BCUT2D eigenvalue weighted by atomic mass is 10.3. The van der Waals surface area contributed by atoms with Crippen molar-refractivity contribution in [1.82, 2.24) is 0 Å². The molecular formula is C9H18N2S. The van der Waals surface area contributed by atoms with E-state index in [4.69, 9.17) is 11.1 Å². The molecule has 12 heavy (non-hydrogen) atoms. The molecule has 3 heteroatoms. The fourth-order valence-corrected chi connectivity index (χ4v) is 1.97. The fraction of sp³-hybridized carbons (Fsp3) is 0.556. The van der Waals surface area contributed by atoms with E-state index < -0.39 is 0 Å². The third kappa shape index (κ3) is 2.91. The minimum absolute atomic E-state index is 0.0829. The molecule has 70 valence electrons. The molecule has 0 heterocycles. The number of nitrogens with one attached hydrogen (secondary N) is 1. The highest BCUT2D eigenvalue weighted by Gasteiger charge is 2.05. The summed E-state index contributed by atoms with van der Waals surface area (Å²) in [6.45, 7) is 6.72. The number of nitrogens with two attached hydrogens (primary N) is 1. The summed E-state index contributed by atoms with van der Waals surface area (Å²) in [6, 6.07) is 0. The van der Waals surface area contributed by atoms with Crippen LogP contribution in [0.1, 0.15) is 20.8 Å². The van der Waals surface area contributed by atoms with Gasteiger partial charge in [-0.1, -0.05) is 19.7 Å². The van der Waals surface area contributed by atoms with E-state index in [-0.39, 0.29) is 10.5 Å². The minimum atomic E-state index is -0.0829. The van der Waals surface area contributed by atoms with Crippen LogP contribution in [-0.2, 0) is 0 Å². The van der Waals surface area contributed by atoms with Crippen LogP contribution in [0, 0.1) is 5.41 Å². The van der Waals surface area contributed by atoms with Crippen LogP contribution in [0.5, 0.6) is 0 Å². The van der Waals surface area contributed by atoms with Gasteiger partial charge in [0.1, 0.15) is 0 Å². The quantitative estimate of drug-likeness (QED) is 0.512. The maximum Gasteiger partial charge on any atom is 0.0309 e. The average Bonchev–Trinajstić information content (AvgIpc) is 2.05. The second-order valence-electron chi connectivity index (χ2n) is 2.97. The van der Waals surface area contributed by atoms with Gasteiger partial charge in [0.15, 0.2) is 0 Å². The zero-order valence-corrected chi connectivity index (χ0v) is 8.87. The Morgan fingerprint density at radius 2 is 2.17 bits per heavy atom.